The Kier molecular flexibility index (Phi) is 14.7. The van der Waals surface area contributed by atoms with Crippen molar-refractivity contribution >= 4 is 18.9 Å². The average molecular weight is 96.1 g/mol. The van der Waals surface area contributed by atoms with E-state index >= 15 is 0 Å². The molecule has 0 aromatic rings. The van der Waals surface area contributed by atoms with Crippen LogP contribution in [-0.2, 0) is 0 Å². The van der Waals surface area contributed by atoms with Gasteiger partial charge in [0.25, 0.3) is 0 Å². The topological polar surface area (TPSA) is 20.2 Å². The number of aliphatic hydroxyl groups excluding tert-OH is 1. The van der Waals surface area contributed by atoms with Crippen LogP contribution in [0.25, 0.3) is 0 Å². The van der Waals surface area contributed by atoms with Crippen molar-refractivity contribution in [2.45, 2.75) is 26.2 Å². The molecule has 40 valence electrons. The SMILES string of the molecule is CCCCCO.[LiH]. The fourth-order valence-corrected chi connectivity index (χ4v) is 0.362. The van der Waals surface area contributed by atoms with Gasteiger partial charge in [0.2, 0.25) is 0 Å². The van der Waals surface area contributed by atoms with E-state index < -0.39 is 0 Å². The van der Waals surface area contributed by atoms with E-state index in [1.165, 1.54) is 6.42 Å². The van der Waals surface area contributed by atoms with Crippen LogP contribution in [0.5, 0.6) is 0 Å². The van der Waals surface area contributed by atoms with Crippen molar-refractivity contribution in [3.63, 3.8) is 0 Å². The standard InChI is InChI=1S/C5H12O.Li.H/c1-2-3-4-5-6;;/h6H,2-5H2,1H3;;. The van der Waals surface area contributed by atoms with E-state index in [4.69, 9.17) is 5.11 Å². The van der Waals surface area contributed by atoms with Crippen LogP contribution < -0.4 is 0 Å². The van der Waals surface area contributed by atoms with Gasteiger partial charge in [-0.2, -0.15) is 0 Å². The molecule has 0 bridgehead atoms. The number of hydrogen-bond acceptors (Lipinski definition) is 1. The molecule has 1 N–H and O–H groups in total. The van der Waals surface area contributed by atoms with Crippen LogP contribution in [0.4, 0.5) is 0 Å². The van der Waals surface area contributed by atoms with Crippen molar-refractivity contribution in [2.75, 3.05) is 6.61 Å². The Labute approximate surface area is 57.3 Å². The summed E-state index contributed by atoms with van der Waals surface area (Å²) in [7, 11) is 0. The molecule has 0 heterocycles. The monoisotopic (exact) mass is 96.1 g/mol. The molecule has 0 aliphatic rings. The van der Waals surface area contributed by atoms with Crippen LogP contribution in [0.2, 0.25) is 0 Å². The summed E-state index contributed by atoms with van der Waals surface area (Å²) in [6.45, 7) is 2.48. The van der Waals surface area contributed by atoms with E-state index in [2.05, 4.69) is 6.92 Å². The summed E-state index contributed by atoms with van der Waals surface area (Å²) in [6, 6.07) is 0. The molecule has 0 saturated heterocycles. The van der Waals surface area contributed by atoms with Gasteiger partial charge in [-0.1, -0.05) is 19.8 Å². The van der Waals surface area contributed by atoms with Crippen molar-refractivity contribution in [3.8, 4) is 0 Å². The van der Waals surface area contributed by atoms with Crippen LogP contribution in [0.15, 0.2) is 0 Å². The second-order valence-electron chi connectivity index (χ2n) is 1.43. The molecule has 0 saturated carbocycles. The molecule has 1 nitrogen and oxygen atoms in total. The third-order valence-electron chi connectivity index (χ3n) is 0.762. The summed E-state index contributed by atoms with van der Waals surface area (Å²) in [5, 5.41) is 8.20. The molecule has 0 atom stereocenters. The third kappa shape index (κ3) is 10.8. The molecular weight excluding hydrogens is 83.0 g/mol. The number of rotatable bonds is 3. The van der Waals surface area contributed by atoms with Crippen LogP contribution >= 0.6 is 0 Å². The summed E-state index contributed by atoms with van der Waals surface area (Å²) in [4.78, 5) is 0. The molecule has 0 radical (unpaired) electrons. The fraction of sp³-hybridized carbons (Fsp3) is 1.00. The van der Waals surface area contributed by atoms with Crippen LogP contribution in [0.3, 0.4) is 0 Å². The molecule has 0 spiro atoms. The van der Waals surface area contributed by atoms with Gasteiger partial charge in [0.05, 0.1) is 0 Å². The first-order valence-corrected chi connectivity index (χ1v) is 2.52. The molecule has 0 aromatic carbocycles. The Morgan fingerprint density at radius 3 is 2.00 bits per heavy atom. The zero-order valence-electron chi connectivity index (χ0n) is 4.28. The third-order valence-corrected chi connectivity index (χ3v) is 0.762. The minimum absolute atomic E-state index is 0. The van der Waals surface area contributed by atoms with E-state index in [0.717, 1.165) is 12.8 Å². The average Bonchev–Trinajstić information content (AvgIpc) is 1.61. The van der Waals surface area contributed by atoms with Crippen molar-refractivity contribution < 1.29 is 5.11 Å². The van der Waals surface area contributed by atoms with Gasteiger partial charge in [-0.25, -0.2) is 0 Å². The molecule has 0 fully saturated rings. The fourth-order valence-electron chi connectivity index (χ4n) is 0.362. The first kappa shape index (κ1) is 10.5. The predicted octanol–water partition coefficient (Wildman–Crippen LogP) is 0.520. The molecule has 0 unspecified atom stereocenters. The molecular formula is C5H13LiO. The van der Waals surface area contributed by atoms with Crippen LogP contribution in [-0.4, -0.2) is 30.6 Å². The summed E-state index contributed by atoms with van der Waals surface area (Å²) in [5.74, 6) is 0. The number of aliphatic hydroxyl groups is 1. The van der Waals surface area contributed by atoms with E-state index in [1.54, 1.807) is 0 Å². The van der Waals surface area contributed by atoms with E-state index in [-0.39, 0.29) is 18.9 Å². The van der Waals surface area contributed by atoms with Crippen LogP contribution in [0.1, 0.15) is 26.2 Å². The van der Waals surface area contributed by atoms with Gasteiger partial charge in [0.1, 0.15) is 0 Å². The van der Waals surface area contributed by atoms with E-state index in [0.29, 0.717) is 6.61 Å². The van der Waals surface area contributed by atoms with Gasteiger partial charge in [-0.3, -0.25) is 0 Å². The van der Waals surface area contributed by atoms with E-state index in [1.807, 2.05) is 0 Å². The zero-order chi connectivity index (χ0) is 4.83. The van der Waals surface area contributed by atoms with Gasteiger partial charge in [0.15, 0.2) is 0 Å². The first-order valence-electron chi connectivity index (χ1n) is 2.52. The van der Waals surface area contributed by atoms with Crippen molar-refractivity contribution in [3.05, 3.63) is 0 Å². The van der Waals surface area contributed by atoms with Crippen LogP contribution in [0, 0.1) is 0 Å². The molecule has 2 heteroatoms. The maximum atomic E-state index is 8.20. The Bertz CT molecular complexity index is 20.0. The second kappa shape index (κ2) is 9.75. The van der Waals surface area contributed by atoms with Gasteiger partial charge >= 0.3 is 18.9 Å². The second-order valence-corrected chi connectivity index (χ2v) is 1.43. The quantitative estimate of drug-likeness (QED) is 0.401. The maximum absolute atomic E-state index is 8.20. The first-order chi connectivity index (χ1) is 2.91. The van der Waals surface area contributed by atoms with Gasteiger partial charge < -0.3 is 5.11 Å². The molecule has 0 aliphatic carbocycles. The Morgan fingerprint density at radius 2 is 1.86 bits per heavy atom. The number of unbranched alkanes of at least 4 members (excludes halogenated alkanes) is 2. The molecule has 0 rings (SSSR count). The van der Waals surface area contributed by atoms with Gasteiger partial charge in [-0.15, -0.1) is 0 Å². The summed E-state index contributed by atoms with van der Waals surface area (Å²) >= 11 is 0. The summed E-state index contributed by atoms with van der Waals surface area (Å²) in [6.07, 6.45) is 3.33. The Hall–Kier alpha value is 0.557. The number of hydrogen-bond donors (Lipinski definition) is 1. The Balaban J connectivity index is 0. The molecule has 0 aliphatic heterocycles. The molecule has 0 amide bonds. The van der Waals surface area contributed by atoms with Crippen molar-refractivity contribution in [1.82, 2.24) is 0 Å². The molecule has 7 heavy (non-hydrogen) atoms. The normalized spacial score (nSPS) is 7.71. The summed E-state index contributed by atoms with van der Waals surface area (Å²) in [5.41, 5.74) is 0. The van der Waals surface area contributed by atoms with Crippen molar-refractivity contribution in [2.24, 2.45) is 0 Å². The minimum atomic E-state index is 0. The Morgan fingerprint density at radius 1 is 1.29 bits per heavy atom. The van der Waals surface area contributed by atoms with Crippen molar-refractivity contribution in [1.29, 1.82) is 0 Å². The summed E-state index contributed by atoms with van der Waals surface area (Å²) < 4.78 is 0. The molecule has 0 aromatic heterocycles. The van der Waals surface area contributed by atoms with Gasteiger partial charge in [0, 0.05) is 6.61 Å². The zero-order valence-corrected chi connectivity index (χ0v) is 4.28. The predicted molar refractivity (Wildman–Crippen MR) is 33.8 cm³/mol. The van der Waals surface area contributed by atoms with E-state index in [9.17, 15) is 0 Å². The van der Waals surface area contributed by atoms with Gasteiger partial charge in [-0.05, 0) is 6.42 Å².